The molecule has 0 saturated carbocycles. The Bertz CT molecular complexity index is 1700. The minimum absolute atomic E-state index is 0.0571. The van der Waals surface area contributed by atoms with Gasteiger partial charge in [0.2, 0.25) is 0 Å². The number of benzene rings is 4. The molecule has 5 nitrogen and oxygen atoms in total. The summed E-state index contributed by atoms with van der Waals surface area (Å²) in [5.41, 5.74) is 2.29. The molecule has 8 heteroatoms. The number of esters is 1. The molecule has 0 radical (unpaired) electrons. The van der Waals surface area contributed by atoms with Crippen LogP contribution in [0.5, 0.6) is 0 Å². The van der Waals surface area contributed by atoms with Crippen molar-refractivity contribution in [1.29, 1.82) is 0 Å². The molecule has 1 atom stereocenters. The Kier molecular flexibility index (Phi) is 6.28. The fourth-order valence-corrected chi connectivity index (χ4v) is 5.90. The molecule has 1 unspecified atom stereocenters. The van der Waals surface area contributed by atoms with Crippen LogP contribution in [0.2, 0.25) is 5.02 Å². The second kappa shape index (κ2) is 9.41. The van der Waals surface area contributed by atoms with Gasteiger partial charge in [0, 0.05) is 15.8 Å². The Morgan fingerprint density at radius 2 is 1.64 bits per heavy atom. The minimum Gasteiger partial charge on any atom is -0.460 e. The van der Waals surface area contributed by atoms with Gasteiger partial charge in [0.1, 0.15) is 12.4 Å². The van der Waals surface area contributed by atoms with Crippen LogP contribution < -0.4 is 0 Å². The molecule has 0 bridgehead atoms. The van der Waals surface area contributed by atoms with Crippen molar-refractivity contribution in [2.75, 3.05) is 0 Å². The van der Waals surface area contributed by atoms with Crippen molar-refractivity contribution in [2.24, 2.45) is 0 Å². The lowest BCUT2D eigenvalue weighted by Gasteiger charge is -2.14. The number of hydrogen-bond acceptors (Lipinski definition) is 4. The molecule has 5 aromatic rings. The number of halogens is 2. The fourth-order valence-electron chi connectivity index (χ4n) is 4.21. The van der Waals surface area contributed by atoms with E-state index in [4.69, 9.17) is 16.3 Å². The summed E-state index contributed by atoms with van der Waals surface area (Å²) in [6, 6.07) is 24.2. The van der Waals surface area contributed by atoms with Crippen LogP contribution in [0.15, 0.2) is 95.9 Å². The summed E-state index contributed by atoms with van der Waals surface area (Å²) in [5.74, 6) is -1.60. The monoisotopic (exact) mass is 521 g/mol. The van der Waals surface area contributed by atoms with Gasteiger partial charge in [-0.05, 0) is 66.6 Å². The van der Waals surface area contributed by atoms with Crippen LogP contribution in [-0.2, 0) is 26.2 Å². The van der Waals surface area contributed by atoms with E-state index in [2.05, 4.69) is 0 Å². The molecule has 0 amide bonds. The summed E-state index contributed by atoms with van der Waals surface area (Å²) in [6.45, 7) is 1.86. The van der Waals surface area contributed by atoms with E-state index >= 15 is 0 Å². The van der Waals surface area contributed by atoms with Crippen LogP contribution in [0, 0.1) is 5.82 Å². The van der Waals surface area contributed by atoms with Crippen molar-refractivity contribution in [1.82, 2.24) is 3.97 Å². The summed E-state index contributed by atoms with van der Waals surface area (Å²) < 4.78 is 47.6. The first-order valence-electron chi connectivity index (χ1n) is 11.2. The lowest BCUT2D eigenvalue weighted by atomic mass is 9.99. The van der Waals surface area contributed by atoms with Gasteiger partial charge < -0.3 is 4.74 Å². The molecule has 36 heavy (non-hydrogen) atoms. The topological polar surface area (TPSA) is 65.4 Å². The molecule has 0 aliphatic carbocycles. The van der Waals surface area contributed by atoms with E-state index in [-0.39, 0.29) is 11.5 Å². The number of carbonyl (C=O) groups excluding carboxylic acids is 1. The molecule has 5 rings (SSSR count). The molecular formula is C28H21ClFNO4S. The summed E-state index contributed by atoms with van der Waals surface area (Å²) in [6.07, 6.45) is 0. The molecule has 0 spiro atoms. The molecule has 182 valence electrons. The van der Waals surface area contributed by atoms with Gasteiger partial charge in [-0.25, -0.2) is 16.8 Å². The van der Waals surface area contributed by atoms with Crippen LogP contribution in [0.3, 0.4) is 0 Å². The normalized spacial score (nSPS) is 12.6. The summed E-state index contributed by atoms with van der Waals surface area (Å²) in [4.78, 5) is 12.7. The number of hydrogen-bond donors (Lipinski definition) is 0. The van der Waals surface area contributed by atoms with Gasteiger partial charge in [0.05, 0.1) is 21.8 Å². The number of fused-ring (bicyclic) bond motifs is 3. The zero-order valence-corrected chi connectivity index (χ0v) is 20.8. The van der Waals surface area contributed by atoms with E-state index in [9.17, 15) is 17.6 Å². The van der Waals surface area contributed by atoms with E-state index in [0.29, 0.717) is 32.4 Å². The SMILES string of the molecule is CC(C(=O)OCc1ccccc1)c1ccc2c3cc(Cl)ccc3n(S(=O)(=O)c3ccc(F)cc3)c2c1. The minimum atomic E-state index is -4.10. The third kappa shape index (κ3) is 4.36. The first kappa shape index (κ1) is 24.0. The molecule has 0 fully saturated rings. The van der Waals surface area contributed by atoms with E-state index in [0.717, 1.165) is 17.7 Å². The Morgan fingerprint density at radius 3 is 2.36 bits per heavy atom. The molecule has 1 aromatic heterocycles. The predicted octanol–water partition coefficient (Wildman–Crippen LogP) is 6.67. The highest BCUT2D eigenvalue weighted by Crippen LogP contribution is 2.36. The highest BCUT2D eigenvalue weighted by molar-refractivity contribution is 7.90. The Morgan fingerprint density at radius 1 is 0.917 bits per heavy atom. The van der Waals surface area contributed by atoms with E-state index < -0.39 is 27.7 Å². The van der Waals surface area contributed by atoms with Gasteiger partial charge >= 0.3 is 5.97 Å². The third-order valence-electron chi connectivity index (χ3n) is 6.14. The van der Waals surface area contributed by atoms with Crippen molar-refractivity contribution in [3.63, 3.8) is 0 Å². The van der Waals surface area contributed by atoms with Crippen LogP contribution in [-0.4, -0.2) is 18.4 Å². The molecule has 0 aliphatic heterocycles. The van der Waals surface area contributed by atoms with Gasteiger partial charge in [0.15, 0.2) is 0 Å². The van der Waals surface area contributed by atoms with E-state index in [1.807, 2.05) is 30.3 Å². The van der Waals surface area contributed by atoms with Gasteiger partial charge in [-0.2, -0.15) is 0 Å². The van der Waals surface area contributed by atoms with Gasteiger partial charge in [-0.1, -0.05) is 54.1 Å². The predicted molar refractivity (Wildman–Crippen MR) is 138 cm³/mol. The van der Waals surface area contributed by atoms with Crippen LogP contribution in [0.1, 0.15) is 24.0 Å². The number of ether oxygens (including phenoxy) is 1. The molecule has 4 aromatic carbocycles. The van der Waals surface area contributed by atoms with Crippen LogP contribution >= 0.6 is 11.6 Å². The third-order valence-corrected chi connectivity index (χ3v) is 8.11. The zero-order valence-electron chi connectivity index (χ0n) is 19.2. The van der Waals surface area contributed by atoms with E-state index in [1.54, 1.807) is 43.3 Å². The van der Waals surface area contributed by atoms with Crippen LogP contribution in [0.25, 0.3) is 21.8 Å². The van der Waals surface area contributed by atoms with Crippen molar-refractivity contribution < 1.29 is 22.3 Å². The second-order valence-electron chi connectivity index (χ2n) is 8.48. The van der Waals surface area contributed by atoms with Crippen molar-refractivity contribution in [3.05, 3.63) is 113 Å². The van der Waals surface area contributed by atoms with Gasteiger partial charge in [0.25, 0.3) is 10.0 Å². The Labute approximate surface area is 212 Å². The van der Waals surface area contributed by atoms with Crippen LogP contribution in [0.4, 0.5) is 4.39 Å². The van der Waals surface area contributed by atoms with Crippen molar-refractivity contribution in [3.8, 4) is 0 Å². The van der Waals surface area contributed by atoms with Crippen molar-refractivity contribution >= 4 is 49.4 Å². The number of rotatable bonds is 6. The summed E-state index contributed by atoms with van der Waals surface area (Å²) in [7, 11) is -4.10. The van der Waals surface area contributed by atoms with Gasteiger partial charge in [-0.3, -0.25) is 4.79 Å². The maximum absolute atomic E-state index is 13.7. The highest BCUT2D eigenvalue weighted by Gasteiger charge is 2.25. The first-order valence-corrected chi connectivity index (χ1v) is 13.0. The standard InChI is InChI=1S/C28H21ClFNO4S/c1-18(28(32)35-17-19-5-3-2-4-6-19)20-7-13-24-25-16-21(29)8-14-26(25)31(27(24)15-20)36(33,34)23-11-9-22(30)10-12-23/h2-16,18H,17H2,1H3. The lowest BCUT2D eigenvalue weighted by molar-refractivity contribution is -0.146. The molecule has 0 saturated heterocycles. The summed E-state index contributed by atoms with van der Waals surface area (Å²) >= 11 is 6.22. The molecular weight excluding hydrogens is 501 g/mol. The van der Waals surface area contributed by atoms with Gasteiger partial charge in [-0.15, -0.1) is 0 Å². The zero-order chi connectivity index (χ0) is 25.4. The average Bonchev–Trinajstić information content (AvgIpc) is 3.21. The summed E-state index contributed by atoms with van der Waals surface area (Å²) in [5, 5.41) is 1.77. The Balaban J connectivity index is 1.60. The highest BCUT2D eigenvalue weighted by atomic mass is 35.5. The maximum atomic E-state index is 13.7. The smallest absolute Gasteiger partial charge is 0.313 e. The van der Waals surface area contributed by atoms with Crippen molar-refractivity contribution in [2.45, 2.75) is 24.3 Å². The van der Waals surface area contributed by atoms with E-state index in [1.165, 1.54) is 16.1 Å². The average molecular weight is 522 g/mol. The first-order chi connectivity index (χ1) is 17.3. The molecule has 1 heterocycles. The number of carbonyl (C=O) groups is 1. The number of nitrogens with zero attached hydrogens (tertiary/aromatic N) is 1. The Hall–Kier alpha value is -3.68. The fraction of sp³-hybridized carbons (Fsp3) is 0.107. The molecule has 0 aliphatic rings. The molecule has 0 N–H and O–H groups in total. The quantitative estimate of drug-likeness (QED) is 0.234. The maximum Gasteiger partial charge on any atom is 0.313 e. The number of aromatic nitrogens is 1. The largest absolute Gasteiger partial charge is 0.460 e. The lowest BCUT2D eigenvalue weighted by Crippen LogP contribution is -2.14. The second-order valence-corrected chi connectivity index (χ2v) is 10.7.